The number of piperazine rings is 1. The molecule has 37 heavy (non-hydrogen) atoms. The molecule has 2 fully saturated rings. The number of aromatic hydroxyl groups is 1. The van der Waals surface area contributed by atoms with Crippen LogP contribution in [0.15, 0.2) is 30.5 Å². The fourth-order valence-corrected chi connectivity index (χ4v) is 4.97. The molecular formula is C28H38N6O3. The van der Waals surface area contributed by atoms with Gasteiger partial charge in [0.05, 0.1) is 12.0 Å². The molecule has 1 saturated carbocycles. The molecule has 1 saturated heterocycles. The lowest BCUT2D eigenvalue weighted by atomic mass is 10.2. The van der Waals surface area contributed by atoms with Crippen molar-refractivity contribution in [2.24, 2.45) is 5.92 Å². The third kappa shape index (κ3) is 5.45. The highest BCUT2D eigenvalue weighted by Gasteiger charge is 2.29. The van der Waals surface area contributed by atoms with Gasteiger partial charge in [-0.2, -0.15) is 4.98 Å². The normalized spacial score (nSPS) is 16.0. The highest BCUT2D eigenvalue weighted by molar-refractivity contribution is 5.94. The van der Waals surface area contributed by atoms with Crippen molar-refractivity contribution in [3.05, 3.63) is 36.0 Å². The number of fused-ring (bicyclic) bond motifs is 1. The van der Waals surface area contributed by atoms with Crippen LogP contribution in [-0.2, 0) is 11.3 Å². The van der Waals surface area contributed by atoms with Crippen LogP contribution in [-0.4, -0.2) is 69.8 Å². The van der Waals surface area contributed by atoms with Crippen LogP contribution in [0, 0.1) is 5.92 Å². The molecule has 1 aliphatic heterocycles. The van der Waals surface area contributed by atoms with Crippen molar-refractivity contribution in [3.63, 3.8) is 0 Å². The highest BCUT2D eigenvalue weighted by Crippen LogP contribution is 2.38. The molecule has 0 radical (unpaired) electrons. The van der Waals surface area contributed by atoms with Crippen LogP contribution < -0.4 is 14.5 Å². The van der Waals surface area contributed by atoms with Crippen LogP contribution >= 0.6 is 0 Å². The number of carbonyl (C=O) groups excluding carboxylic acids is 1. The van der Waals surface area contributed by atoms with E-state index in [2.05, 4.69) is 35.8 Å². The summed E-state index contributed by atoms with van der Waals surface area (Å²) in [6.07, 6.45) is 4.44. The standard InChI is InChI=1S/C28H38N6O3/c1-5-37-23-10-8-22(9-11-23)17-33(16-21-6-7-21)26-24-18-34(19(2)3)27(36)25(24)29-28(30-26)32-14-12-31(13-15-32)20(4)35/h8-11,18-19,21,36H,5-7,12-17H2,1-4H3. The SMILES string of the molecule is CCOc1ccc(CN(CC2CC2)c2nc(N3CCN(C(C)=O)CC3)nc3c(O)n(C(C)C)cc23)cc1. The Hall–Kier alpha value is -3.49. The van der Waals surface area contributed by atoms with Crippen molar-refractivity contribution in [2.75, 3.05) is 49.1 Å². The predicted molar refractivity (Wildman–Crippen MR) is 145 cm³/mol. The summed E-state index contributed by atoms with van der Waals surface area (Å²) in [5, 5.41) is 12.0. The number of carbonyl (C=O) groups is 1. The van der Waals surface area contributed by atoms with Crippen molar-refractivity contribution in [1.82, 2.24) is 19.4 Å². The molecule has 2 aliphatic rings. The number of nitrogens with zero attached hydrogens (tertiary/aromatic N) is 6. The first-order chi connectivity index (χ1) is 17.8. The second-order valence-corrected chi connectivity index (χ2v) is 10.5. The van der Waals surface area contributed by atoms with Crippen LogP contribution in [0.5, 0.6) is 11.6 Å². The lowest BCUT2D eigenvalue weighted by molar-refractivity contribution is -0.129. The summed E-state index contributed by atoms with van der Waals surface area (Å²) in [6, 6.07) is 8.35. The van der Waals surface area contributed by atoms with Crippen LogP contribution in [0.3, 0.4) is 0 Å². The molecule has 9 heteroatoms. The van der Waals surface area contributed by atoms with Crippen molar-refractivity contribution in [2.45, 2.75) is 53.1 Å². The van der Waals surface area contributed by atoms with E-state index < -0.39 is 0 Å². The van der Waals surface area contributed by atoms with Gasteiger partial charge in [-0.3, -0.25) is 4.79 Å². The molecule has 3 aromatic rings. The Bertz CT molecular complexity index is 1240. The minimum Gasteiger partial charge on any atom is -0.494 e. The maximum Gasteiger partial charge on any atom is 0.228 e. The van der Waals surface area contributed by atoms with E-state index in [-0.39, 0.29) is 17.8 Å². The molecule has 198 valence electrons. The molecule has 5 rings (SSSR count). The lowest BCUT2D eigenvalue weighted by Crippen LogP contribution is -2.48. The molecule has 0 unspecified atom stereocenters. The summed E-state index contributed by atoms with van der Waals surface area (Å²) in [5.41, 5.74) is 1.76. The molecule has 1 aliphatic carbocycles. The van der Waals surface area contributed by atoms with Gasteiger partial charge in [-0.1, -0.05) is 12.1 Å². The second-order valence-electron chi connectivity index (χ2n) is 10.5. The molecule has 3 heterocycles. The van der Waals surface area contributed by atoms with Gasteiger partial charge in [-0.25, -0.2) is 4.98 Å². The molecule has 0 bridgehead atoms. The van der Waals surface area contributed by atoms with Crippen LogP contribution in [0.25, 0.3) is 10.9 Å². The number of hydrogen-bond acceptors (Lipinski definition) is 7. The number of amides is 1. The maximum atomic E-state index is 11.8. The van der Waals surface area contributed by atoms with Crippen molar-refractivity contribution >= 4 is 28.6 Å². The zero-order valence-corrected chi connectivity index (χ0v) is 22.4. The van der Waals surface area contributed by atoms with Crippen LogP contribution in [0.1, 0.15) is 52.1 Å². The van der Waals surface area contributed by atoms with E-state index in [1.165, 1.54) is 18.4 Å². The third-order valence-corrected chi connectivity index (χ3v) is 7.29. The Morgan fingerprint density at radius 3 is 2.43 bits per heavy atom. The molecule has 1 N–H and O–H groups in total. The molecule has 0 atom stereocenters. The van der Waals surface area contributed by atoms with E-state index in [4.69, 9.17) is 14.7 Å². The number of anilines is 2. The summed E-state index contributed by atoms with van der Waals surface area (Å²) in [4.78, 5) is 28.1. The largest absolute Gasteiger partial charge is 0.494 e. The Balaban J connectivity index is 1.54. The fourth-order valence-electron chi connectivity index (χ4n) is 4.97. The first-order valence-electron chi connectivity index (χ1n) is 13.4. The topological polar surface area (TPSA) is 87.0 Å². The average molecular weight is 507 g/mol. The van der Waals surface area contributed by atoms with Gasteiger partial charge < -0.3 is 29.1 Å². The Morgan fingerprint density at radius 2 is 1.84 bits per heavy atom. The first kappa shape index (κ1) is 25.2. The van der Waals surface area contributed by atoms with Gasteiger partial charge in [-0.15, -0.1) is 0 Å². The molecule has 0 spiro atoms. The zero-order chi connectivity index (χ0) is 26.1. The second kappa shape index (κ2) is 10.5. The number of hydrogen-bond donors (Lipinski definition) is 1. The summed E-state index contributed by atoms with van der Waals surface area (Å²) in [7, 11) is 0. The van der Waals surface area contributed by atoms with E-state index in [0.29, 0.717) is 56.7 Å². The Labute approximate surface area is 218 Å². The molecule has 2 aromatic heterocycles. The summed E-state index contributed by atoms with van der Waals surface area (Å²) in [6.45, 7) is 12.6. The minimum absolute atomic E-state index is 0.0904. The van der Waals surface area contributed by atoms with Crippen molar-refractivity contribution < 1.29 is 14.6 Å². The Kier molecular flexibility index (Phi) is 7.13. The van der Waals surface area contributed by atoms with E-state index in [0.717, 1.165) is 23.5 Å². The van der Waals surface area contributed by atoms with Gasteiger partial charge in [0.25, 0.3) is 0 Å². The number of rotatable bonds is 9. The van der Waals surface area contributed by atoms with E-state index in [9.17, 15) is 9.90 Å². The summed E-state index contributed by atoms with van der Waals surface area (Å²) >= 11 is 0. The van der Waals surface area contributed by atoms with Gasteiger partial charge in [0.1, 0.15) is 17.1 Å². The van der Waals surface area contributed by atoms with Gasteiger partial charge in [0.2, 0.25) is 17.7 Å². The average Bonchev–Trinajstić information content (AvgIpc) is 3.65. The van der Waals surface area contributed by atoms with Gasteiger partial charge in [0.15, 0.2) is 0 Å². The summed E-state index contributed by atoms with van der Waals surface area (Å²) in [5.74, 6) is 3.24. The third-order valence-electron chi connectivity index (χ3n) is 7.29. The molecular weight excluding hydrogens is 468 g/mol. The van der Waals surface area contributed by atoms with Gasteiger partial charge in [-0.05, 0) is 57.2 Å². The minimum atomic E-state index is 0.0904. The summed E-state index contributed by atoms with van der Waals surface area (Å²) < 4.78 is 7.50. The Morgan fingerprint density at radius 1 is 1.14 bits per heavy atom. The van der Waals surface area contributed by atoms with E-state index in [1.807, 2.05) is 34.7 Å². The molecule has 1 amide bonds. The van der Waals surface area contributed by atoms with Crippen LogP contribution in [0.4, 0.5) is 11.8 Å². The highest BCUT2D eigenvalue weighted by atomic mass is 16.5. The first-order valence-corrected chi connectivity index (χ1v) is 13.4. The fraction of sp³-hybridized carbons (Fsp3) is 0.536. The number of ether oxygens (including phenoxy) is 1. The van der Waals surface area contributed by atoms with Gasteiger partial charge in [0, 0.05) is 58.4 Å². The van der Waals surface area contributed by atoms with E-state index in [1.54, 1.807) is 6.92 Å². The number of aromatic nitrogens is 3. The monoisotopic (exact) mass is 506 g/mol. The molecule has 1 aromatic carbocycles. The van der Waals surface area contributed by atoms with Crippen molar-refractivity contribution in [1.29, 1.82) is 0 Å². The molecule has 9 nitrogen and oxygen atoms in total. The smallest absolute Gasteiger partial charge is 0.228 e. The predicted octanol–water partition coefficient (Wildman–Crippen LogP) is 4.20. The van der Waals surface area contributed by atoms with Gasteiger partial charge >= 0.3 is 0 Å². The van der Waals surface area contributed by atoms with Crippen LogP contribution in [0.2, 0.25) is 0 Å². The quantitative estimate of drug-likeness (QED) is 0.465. The maximum absolute atomic E-state index is 11.8. The lowest BCUT2D eigenvalue weighted by Gasteiger charge is -2.34. The number of benzene rings is 1. The van der Waals surface area contributed by atoms with Crippen molar-refractivity contribution in [3.8, 4) is 11.6 Å². The zero-order valence-electron chi connectivity index (χ0n) is 22.4. The van der Waals surface area contributed by atoms with E-state index >= 15 is 0 Å².